The first-order chi connectivity index (χ1) is 6.72. The van der Waals surface area contributed by atoms with Crippen LogP contribution < -0.4 is 0 Å². The highest BCUT2D eigenvalue weighted by Crippen LogP contribution is 2.34. The molecule has 0 aliphatic carbocycles. The first-order valence-corrected chi connectivity index (χ1v) is 5.72. The average Bonchev–Trinajstić information content (AvgIpc) is 2.16. The Kier molecular flexibility index (Phi) is 5.27. The van der Waals surface area contributed by atoms with Gasteiger partial charge in [0, 0.05) is 5.92 Å². The van der Waals surface area contributed by atoms with E-state index in [1.165, 1.54) is 0 Å². The molecule has 0 heterocycles. The second kappa shape index (κ2) is 5.48. The highest BCUT2D eigenvalue weighted by atomic mass is 16.1. The van der Waals surface area contributed by atoms with Crippen LogP contribution in [0.2, 0.25) is 0 Å². The normalized spacial score (nSPS) is 15.9. The minimum Gasteiger partial charge on any atom is -0.326 e. The molecule has 0 aromatic carbocycles. The molecule has 2 unspecified atom stereocenters. The van der Waals surface area contributed by atoms with Crippen molar-refractivity contribution in [1.29, 1.82) is 0 Å². The molecule has 0 aliphatic heterocycles. The van der Waals surface area contributed by atoms with Crippen molar-refractivity contribution in [1.82, 2.24) is 0 Å². The number of allylic oxidation sites excluding steroid dienone is 1. The highest BCUT2D eigenvalue weighted by molar-refractivity contribution is 5.95. The largest absolute Gasteiger partial charge is 0.326 e. The summed E-state index contributed by atoms with van der Waals surface area (Å²) in [5.41, 5.74) is 0.872. The molecule has 0 saturated carbocycles. The smallest absolute Gasteiger partial charge is 0.160 e. The summed E-state index contributed by atoms with van der Waals surface area (Å²) in [4.78, 5) is 11.7. The molecule has 2 atom stereocenters. The fourth-order valence-electron chi connectivity index (χ4n) is 1.65. The predicted molar refractivity (Wildman–Crippen MR) is 66.5 cm³/mol. The van der Waals surface area contributed by atoms with Crippen LogP contribution in [0.5, 0.6) is 0 Å². The zero-order valence-electron chi connectivity index (χ0n) is 11.1. The van der Waals surface area contributed by atoms with E-state index in [1.54, 1.807) is 6.92 Å². The van der Waals surface area contributed by atoms with Gasteiger partial charge in [-0.1, -0.05) is 40.2 Å². The van der Waals surface area contributed by atoms with Gasteiger partial charge in [-0.15, -0.1) is 0 Å². The van der Waals surface area contributed by atoms with E-state index in [9.17, 15) is 4.79 Å². The van der Waals surface area contributed by atoms with Crippen molar-refractivity contribution >= 4 is 5.78 Å². The van der Waals surface area contributed by atoms with Crippen LogP contribution in [0.1, 0.15) is 48.0 Å². The van der Waals surface area contributed by atoms with Crippen LogP contribution in [-0.2, 0) is 4.79 Å². The van der Waals surface area contributed by atoms with Gasteiger partial charge in [0.25, 0.3) is 0 Å². The molecule has 0 saturated heterocycles. The van der Waals surface area contributed by atoms with Crippen molar-refractivity contribution in [3.05, 3.63) is 18.6 Å². The second-order valence-electron chi connectivity index (χ2n) is 5.29. The van der Waals surface area contributed by atoms with Gasteiger partial charge >= 0.3 is 0 Å². The molecule has 88 valence electrons. The molecule has 0 aromatic heterocycles. The molecule has 0 aliphatic rings. The van der Waals surface area contributed by atoms with Gasteiger partial charge in [0.05, 0.1) is 0 Å². The maximum Gasteiger partial charge on any atom is 0.160 e. The quantitative estimate of drug-likeness (QED) is 0.476. The Morgan fingerprint density at radius 3 is 2.20 bits per heavy atom. The maximum atomic E-state index is 11.7. The van der Waals surface area contributed by atoms with E-state index in [1.807, 2.05) is 6.92 Å². The van der Waals surface area contributed by atoms with E-state index in [0.29, 0.717) is 11.5 Å². The van der Waals surface area contributed by atoms with Crippen molar-refractivity contribution in [2.75, 3.05) is 0 Å². The van der Waals surface area contributed by atoms with E-state index in [4.69, 9.17) is 0 Å². The van der Waals surface area contributed by atoms with Crippen LogP contribution in [0.3, 0.4) is 0 Å². The molecule has 0 amide bonds. The van der Waals surface area contributed by atoms with E-state index >= 15 is 0 Å². The monoisotopic (exact) mass is 209 g/mol. The number of rotatable bonds is 6. The van der Waals surface area contributed by atoms with Crippen LogP contribution in [-0.4, -0.2) is 5.78 Å². The maximum absolute atomic E-state index is 11.7. The molecular formula is C14H25O-. The topological polar surface area (TPSA) is 17.1 Å². The highest BCUT2D eigenvalue weighted by Gasteiger charge is 2.22. The van der Waals surface area contributed by atoms with Gasteiger partial charge in [-0.05, 0) is 18.9 Å². The van der Waals surface area contributed by atoms with Crippen molar-refractivity contribution in [2.45, 2.75) is 48.0 Å². The number of hydrogen-bond acceptors (Lipinski definition) is 1. The van der Waals surface area contributed by atoms with E-state index in [2.05, 4.69) is 40.7 Å². The van der Waals surface area contributed by atoms with Crippen molar-refractivity contribution < 1.29 is 4.79 Å². The van der Waals surface area contributed by atoms with Crippen LogP contribution >= 0.6 is 0 Å². The molecule has 0 rings (SSSR count). The summed E-state index contributed by atoms with van der Waals surface area (Å²) in [6.45, 7) is 16.2. The van der Waals surface area contributed by atoms with Crippen LogP contribution in [0.15, 0.2) is 12.2 Å². The molecule has 0 bridgehead atoms. The predicted octanol–water partition coefficient (Wildman–Crippen LogP) is 4.04. The Balaban J connectivity index is 4.36. The summed E-state index contributed by atoms with van der Waals surface area (Å²) in [7, 11) is 0. The number of carbonyl (C=O) groups is 1. The van der Waals surface area contributed by atoms with Crippen LogP contribution in [0.4, 0.5) is 0 Å². The summed E-state index contributed by atoms with van der Waals surface area (Å²) >= 11 is 0. The third kappa shape index (κ3) is 4.19. The van der Waals surface area contributed by atoms with Gasteiger partial charge in [-0.2, -0.15) is 12.3 Å². The van der Waals surface area contributed by atoms with E-state index < -0.39 is 0 Å². The summed E-state index contributed by atoms with van der Waals surface area (Å²) in [5, 5.41) is 0. The first-order valence-electron chi connectivity index (χ1n) is 5.72. The standard InChI is InChI=1S/C14H25O/c1-8-14(6,7)12(5)9-11(4)13(15)10(2)3/h8,11-12H,2,9H2,1,3-7H3/q-1. The van der Waals surface area contributed by atoms with Gasteiger partial charge in [0.15, 0.2) is 5.78 Å². The Labute approximate surface area is 95.0 Å². The third-order valence-electron chi connectivity index (χ3n) is 3.59. The number of Topliss-reactive ketones (excluding diaryl/α,β-unsaturated/α-hetero) is 1. The third-order valence-corrected chi connectivity index (χ3v) is 3.59. The average molecular weight is 209 g/mol. The Bertz CT molecular complexity index is 238. The summed E-state index contributed by atoms with van der Waals surface area (Å²) in [5.74, 6) is 0.811. The Hall–Kier alpha value is -0.590. The number of ketones is 1. The zero-order chi connectivity index (χ0) is 12.2. The molecular weight excluding hydrogens is 184 g/mol. The van der Waals surface area contributed by atoms with Crippen molar-refractivity contribution in [3.63, 3.8) is 0 Å². The Morgan fingerprint density at radius 2 is 1.87 bits per heavy atom. The fraction of sp³-hybridized carbons (Fsp3) is 0.714. The van der Waals surface area contributed by atoms with Crippen LogP contribution in [0.25, 0.3) is 0 Å². The van der Waals surface area contributed by atoms with Gasteiger partial charge in [-0.3, -0.25) is 4.79 Å². The summed E-state index contributed by atoms with van der Waals surface area (Å²) < 4.78 is 0. The van der Waals surface area contributed by atoms with E-state index in [0.717, 1.165) is 6.42 Å². The van der Waals surface area contributed by atoms with Crippen molar-refractivity contribution in [2.24, 2.45) is 17.3 Å². The molecule has 0 fully saturated rings. The van der Waals surface area contributed by atoms with E-state index in [-0.39, 0.29) is 17.1 Å². The molecule has 15 heavy (non-hydrogen) atoms. The lowest BCUT2D eigenvalue weighted by Crippen LogP contribution is -2.25. The summed E-state index contributed by atoms with van der Waals surface area (Å²) in [6, 6.07) is 0. The van der Waals surface area contributed by atoms with Gasteiger partial charge in [0.1, 0.15) is 0 Å². The number of carbonyl (C=O) groups excluding carboxylic acids is 1. The Morgan fingerprint density at radius 1 is 1.40 bits per heavy atom. The molecule has 0 N–H and O–H groups in total. The molecule has 0 spiro atoms. The van der Waals surface area contributed by atoms with Gasteiger partial charge < -0.3 is 6.42 Å². The van der Waals surface area contributed by atoms with Gasteiger partial charge in [0.2, 0.25) is 0 Å². The number of hydrogen-bond donors (Lipinski definition) is 0. The molecule has 1 heteroatoms. The first kappa shape index (κ1) is 14.4. The van der Waals surface area contributed by atoms with Crippen LogP contribution in [0, 0.1) is 23.7 Å². The molecule has 1 nitrogen and oxygen atoms in total. The minimum atomic E-state index is 0.0942. The SMILES string of the molecule is C=C(C)C(=O)C(C)CC(C)C(C)(C)[CH-]C. The lowest BCUT2D eigenvalue weighted by molar-refractivity contribution is -0.119. The summed E-state index contributed by atoms with van der Waals surface area (Å²) in [6.07, 6.45) is 3.15. The minimum absolute atomic E-state index is 0.0942. The lowest BCUT2D eigenvalue weighted by atomic mass is 9.73. The zero-order valence-corrected chi connectivity index (χ0v) is 11.1. The molecule has 0 radical (unpaired) electrons. The van der Waals surface area contributed by atoms with Gasteiger partial charge in [-0.25, -0.2) is 0 Å². The second-order valence-corrected chi connectivity index (χ2v) is 5.29. The van der Waals surface area contributed by atoms with Crippen molar-refractivity contribution in [3.8, 4) is 0 Å². The molecule has 0 aromatic rings. The fourth-order valence-corrected chi connectivity index (χ4v) is 1.65. The lowest BCUT2D eigenvalue weighted by Gasteiger charge is -2.40.